The zero-order chi connectivity index (χ0) is 13.0. The molecule has 1 unspecified atom stereocenters. The first-order valence-corrected chi connectivity index (χ1v) is 6.25. The predicted molar refractivity (Wildman–Crippen MR) is 69.1 cm³/mol. The molecule has 2 heterocycles. The molecule has 98 valence electrons. The van der Waals surface area contributed by atoms with Gasteiger partial charge < -0.3 is 15.4 Å². The molecule has 2 rings (SSSR count). The Morgan fingerprint density at radius 2 is 2.50 bits per heavy atom. The van der Waals surface area contributed by atoms with Crippen LogP contribution in [0.15, 0.2) is 18.3 Å². The van der Waals surface area contributed by atoms with Gasteiger partial charge >= 0.3 is 0 Å². The summed E-state index contributed by atoms with van der Waals surface area (Å²) < 4.78 is 5.63. The van der Waals surface area contributed by atoms with E-state index >= 15 is 0 Å². The molecule has 2 N–H and O–H groups in total. The van der Waals surface area contributed by atoms with E-state index in [9.17, 15) is 4.79 Å². The zero-order valence-corrected chi connectivity index (χ0v) is 10.6. The summed E-state index contributed by atoms with van der Waals surface area (Å²) >= 11 is 0. The maximum atomic E-state index is 11.3. The van der Waals surface area contributed by atoms with Crippen LogP contribution in [-0.4, -0.2) is 35.5 Å². The second-order valence-corrected chi connectivity index (χ2v) is 4.68. The van der Waals surface area contributed by atoms with Crippen LogP contribution >= 0.6 is 0 Å². The number of nitrogen functional groups attached to an aromatic ring is 1. The van der Waals surface area contributed by atoms with Crippen molar-refractivity contribution in [2.24, 2.45) is 5.92 Å². The summed E-state index contributed by atoms with van der Waals surface area (Å²) in [5, 5.41) is 0. The summed E-state index contributed by atoms with van der Waals surface area (Å²) in [6, 6.07) is 3.55. The minimum Gasteiger partial charge on any atom is -0.476 e. The highest BCUT2D eigenvalue weighted by atomic mass is 16.5. The topological polar surface area (TPSA) is 68.5 Å². The first-order valence-electron chi connectivity index (χ1n) is 6.25. The molecule has 5 nitrogen and oxygen atoms in total. The highest BCUT2D eigenvalue weighted by molar-refractivity contribution is 5.73. The molecule has 1 aliphatic heterocycles. The van der Waals surface area contributed by atoms with E-state index in [1.807, 2.05) is 4.90 Å². The summed E-state index contributed by atoms with van der Waals surface area (Å²) in [5.74, 6) is 0.985. The van der Waals surface area contributed by atoms with Gasteiger partial charge in [-0.3, -0.25) is 4.79 Å². The molecular weight excluding hydrogens is 230 g/mol. The second kappa shape index (κ2) is 5.71. The average Bonchev–Trinajstić information content (AvgIpc) is 2.38. The molecule has 1 aromatic rings. The van der Waals surface area contributed by atoms with Crippen molar-refractivity contribution in [1.82, 2.24) is 9.88 Å². The van der Waals surface area contributed by atoms with Crippen molar-refractivity contribution in [3.63, 3.8) is 0 Å². The van der Waals surface area contributed by atoms with Crippen LogP contribution in [0.5, 0.6) is 5.88 Å². The SMILES string of the molecule is CC(=O)N1CCCC(COc2ncccc2N)C1. The smallest absolute Gasteiger partial charge is 0.237 e. The Morgan fingerprint density at radius 1 is 1.67 bits per heavy atom. The number of aromatic nitrogens is 1. The Balaban J connectivity index is 1.87. The van der Waals surface area contributed by atoms with Gasteiger partial charge in [-0.15, -0.1) is 0 Å². The van der Waals surface area contributed by atoms with Crippen LogP contribution in [0.4, 0.5) is 5.69 Å². The minimum atomic E-state index is 0.136. The van der Waals surface area contributed by atoms with E-state index < -0.39 is 0 Å². The molecule has 1 fully saturated rings. The number of pyridine rings is 1. The van der Waals surface area contributed by atoms with Crippen LogP contribution in [0.3, 0.4) is 0 Å². The van der Waals surface area contributed by atoms with E-state index in [-0.39, 0.29) is 5.91 Å². The normalized spacial score (nSPS) is 19.6. The lowest BCUT2D eigenvalue weighted by Gasteiger charge is -2.31. The third-order valence-corrected chi connectivity index (χ3v) is 3.22. The van der Waals surface area contributed by atoms with Gasteiger partial charge in [0.2, 0.25) is 11.8 Å². The molecule has 0 bridgehead atoms. The lowest BCUT2D eigenvalue weighted by Crippen LogP contribution is -2.40. The largest absolute Gasteiger partial charge is 0.476 e. The van der Waals surface area contributed by atoms with Crippen molar-refractivity contribution in [3.05, 3.63) is 18.3 Å². The summed E-state index contributed by atoms with van der Waals surface area (Å²) in [6.07, 6.45) is 3.77. The average molecular weight is 249 g/mol. The summed E-state index contributed by atoms with van der Waals surface area (Å²) in [6.45, 7) is 3.80. The molecule has 18 heavy (non-hydrogen) atoms. The maximum absolute atomic E-state index is 11.3. The van der Waals surface area contributed by atoms with Gasteiger partial charge in [0, 0.05) is 32.1 Å². The van der Waals surface area contributed by atoms with Crippen LogP contribution in [0.25, 0.3) is 0 Å². The van der Waals surface area contributed by atoms with Gasteiger partial charge in [-0.1, -0.05) is 0 Å². The van der Waals surface area contributed by atoms with E-state index in [2.05, 4.69) is 4.98 Å². The van der Waals surface area contributed by atoms with Crippen LogP contribution in [-0.2, 0) is 4.79 Å². The third-order valence-electron chi connectivity index (χ3n) is 3.22. The molecule has 1 amide bonds. The number of anilines is 1. The molecular formula is C13H19N3O2. The Hall–Kier alpha value is -1.78. The number of hydrogen-bond acceptors (Lipinski definition) is 4. The molecule has 5 heteroatoms. The van der Waals surface area contributed by atoms with Crippen molar-refractivity contribution in [3.8, 4) is 5.88 Å². The summed E-state index contributed by atoms with van der Waals surface area (Å²) in [4.78, 5) is 17.3. The van der Waals surface area contributed by atoms with E-state index in [1.165, 1.54) is 0 Å². The van der Waals surface area contributed by atoms with Crippen LogP contribution < -0.4 is 10.5 Å². The second-order valence-electron chi connectivity index (χ2n) is 4.68. The van der Waals surface area contributed by atoms with Gasteiger partial charge in [-0.05, 0) is 25.0 Å². The van der Waals surface area contributed by atoms with Crippen LogP contribution in [0.1, 0.15) is 19.8 Å². The van der Waals surface area contributed by atoms with E-state index in [0.29, 0.717) is 24.1 Å². The number of amides is 1. The number of carbonyl (C=O) groups is 1. The standard InChI is InChI=1S/C13H19N3O2/c1-10(17)16-7-3-4-11(8-16)9-18-13-12(14)5-2-6-15-13/h2,5-6,11H,3-4,7-9,14H2,1H3. The molecule has 1 aliphatic rings. The first-order chi connectivity index (χ1) is 8.66. The van der Waals surface area contributed by atoms with Crippen LogP contribution in [0, 0.1) is 5.92 Å². The number of ether oxygens (including phenoxy) is 1. The molecule has 0 radical (unpaired) electrons. The number of hydrogen-bond donors (Lipinski definition) is 1. The van der Waals surface area contributed by atoms with Gasteiger partial charge in [0.15, 0.2) is 0 Å². The van der Waals surface area contributed by atoms with Gasteiger partial charge in [-0.25, -0.2) is 4.98 Å². The monoisotopic (exact) mass is 249 g/mol. The predicted octanol–water partition coefficient (Wildman–Crippen LogP) is 1.30. The van der Waals surface area contributed by atoms with Gasteiger partial charge in [-0.2, -0.15) is 0 Å². The van der Waals surface area contributed by atoms with E-state index in [4.69, 9.17) is 10.5 Å². The fourth-order valence-electron chi connectivity index (χ4n) is 2.21. The van der Waals surface area contributed by atoms with E-state index in [1.54, 1.807) is 25.3 Å². The van der Waals surface area contributed by atoms with Crippen molar-refractivity contribution < 1.29 is 9.53 Å². The van der Waals surface area contributed by atoms with Crippen molar-refractivity contribution >= 4 is 11.6 Å². The lowest BCUT2D eigenvalue weighted by molar-refractivity contribution is -0.130. The number of rotatable bonds is 3. The molecule has 1 saturated heterocycles. The van der Waals surface area contributed by atoms with Gasteiger partial charge in [0.25, 0.3) is 0 Å². The molecule has 0 aliphatic carbocycles. The minimum absolute atomic E-state index is 0.136. The molecule has 0 spiro atoms. The van der Waals surface area contributed by atoms with Crippen molar-refractivity contribution in [2.45, 2.75) is 19.8 Å². The third kappa shape index (κ3) is 3.12. The molecule has 1 aromatic heterocycles. The van der Waals surface area contributed by atoms with Gasteiger partial charge in [0.05, 0.1) is 12.3 Å². The fourth-order valence-corrected chi connectivity index (χ4v) is 2.21. The Bertz CT molecular complexity index is 422. The highest BCUT2D eigenvalue weighted by Crippen LogP contribution is 2.20. The number of piperidine rings is 1. The summed E-state index contributed by atoms with van der Waals surface area (Å²) in [5.41, 5.74) is 6.31. The number of nitrogens with zero attached hydrogens (tertiary/aromatic N) is 2. The number of likely N-dealkylation sites (tertiary alicyclic amines) is 1. The Labute approximate surface area is 107 Å². The Kier molecular flexibility index (Phi) is 4.02. The maximum Gasteiger partial charge on any atom is 0.237 e. The molecule has 1 atom stereocenters. The Morgan fingerprint density at radius 3 is 3.22 bits per heavy atom. The van der Waals surface area contributed by atoms with Crippen molar-refractivity contribution in [1.29, 1.82) is 0 Å². The number of nitrogens with two attached hydrogens (primary N) is 1. The van der Waals surface area contributed by atoms with E-state index in [0.717, 1.165) is 25.9 Å². The molecule has 0 saturated carbocycles. The van der Waals surface area contributed by atoms with Crippen LogP contribution in [0.2, 0.25) is 0 Å². The van der Waals surface area contributed by atoms with Gasteiger partial charge in [0.1, 0.15) is 0 Å². The molecule has 0 aromatic carbocycles. The highest BCUT2D eigenvalue weighted by Gasteiger charge is 2.22. The van der Waals surface area contributed by atoms with Crippen molar-refractivity contribution in [2.75, 3.05) is 25.4 Å². The number of carbonyl (C=O) groups excluding carboxylic acids is 1. The quantitative estimate of drug-likeness (QED) is 0.876. The fraction of sp³-hybridized carbons (Fsp3) is 0.538. The lowest BCUT2D eigenvalue weighted by atomic mass is 9.99. The first kappa shape index (κ1) is 12.7. The summed E-state index contributed by atoms with van der Waals surface area (Å²) in [7, 11) is 0. The zero-order valence-electron chi connectivity index (χ0n) is 10.6.